The molecule has 0 aliphatic heterocycles. The van der Waals surface area contributed by atoms with Crippen LogP contribution < -0.4 is 0 Å². The zero-order chi connectivity index (χ0) is 16.3. The first-order valence-electron chi connectivity index (χ1n) is 7.10. The number of carbonyl (C=O) groups is 2. The predicted octanol–water partition coefficient (Wildman–Crippen LogP) is 2.48. The molecule has 6 nitrogen and oxygen atoms in total. The molecule has 0 aromatic heterocycles. The molecule has 1 amide bonds. The molecule has 1 atom stereocenters. The van der Waals surface area contributed by atoms with Crippen LogP contribution in [-0.2, 0) is 14.3 Å². The second-order valence-electron chi connectivity index (χ2n) is 6.59. The Morgan fingerprint density at radius 3 is 2.33 bits per heavy atom. The summed E-state index contributed by atoms with van der Waals surface area (Å²) in [7, 11) is 1.35. The Morgan fingerprint density at radius 2 is 1.95 bits per heavy atom. The van der Waals surface area contributed by atoms with Gasteiger partial charge < -0.3 is 14.4 Å². The van der Waals surface area contributed by atoms with Crippen LogP contribution in [0, 0.1) is 16.7 Å². The van der Waals surface area contributed by atoms with Crippen LogP contribution in [0.15, 0.2) is 0 Å². The highest BCUT2D eigenvalue weighted by Gasteiger charge is 2.53. The van der Waals surface area contributed by atoms with Crippen molar-refractivity contribution in [1.82, 2.24) is 4.90 Å². The number of hydrogen-bond acceptors (Lipinski definition) is 5. The van der Waals surface area contributed by atoms with Crippen molar-refractivity contribution in [2.45, 2.75) is 58.6 Å². The molecule has 6 heteroatoms. The lowest BCUT2D eigenvalue weighted by Crippen LogP contribution is -2.46. The van der Waals surface area contributed by atoms with Crippen LogP contribution in [0.1, 0.15) is 47.0 Å². The molecule has 0 N–H and O–H groups in total. The van der Waals surface area contributed by atoms with E-state index in [0.29, 0.717) is 12.8 Å². The zero-order valence-corrected chi connectivity index (χ0v) is 13.4. The predicted molar refractivity (Wildman–Crippen MR) is 76.3 cm³/mol. The molecular formula is C15H24N2O4. The molecule has 1 rings (SSSR count). The van der Waals surface area contributed by atoms with E-state index in [9.17, 15) is 9.59 Å². The third-order valence-electron chi connectivity index (χ3n) is 3.49. The van der Waals surface area contributed by atoms with Crippen molar-refractivity contribution >= 4 is 12.1 Å². The first kappa shape index (κ1) is 17.3. The minimum atomic E-state index is -0.630. The van der Waals surface area contributed by atoms with Crippen molar-refractivity contribution in [1.29, 1.82) is 5.26 Å². The van der Waals surface area contributed by atoms with E-state index in [1.807, 2.05) is 6.07 Å². The van der Waals surface area contributed by atoms with Crippen LogP contribution in [0.3, 0.4) is 0 Å². The van der Waals surface area contributed by atoms with Crippen molar-refractivity contribution in [3.05, 3.63) is 0 Å². The molecule has 0 aromatic rings. The van der Waals surface area contributed by atoms with Gasteiger partial charge in [-0.2, -0.15) is 5.26 Å². The standard InChI is InChI=1S/C15H24N2O4/c1-11(6-9-16)17(13(19)21-14(2,3)4)10-15(7-8-15)12(18)20-5/h11H,6-8,10H2,1-5H3/t11-/m0/s1. The molecule has 1 aliphatic carbocycles. The Hall–Kier alpha value is -1.77. The maximum Gasteiger partial charge on any atom is 0.410 e. The summed E-state index contributed by atoms with van der Waals surface area (Å²) in [6, 6.07) is 1.74. The quantitative estimate of drug-likeness (QED) is 0.728. The summed E-state index contributed by atoms with van der Waals surface area (Å²) in [5.41, 5.74) is -1.25. The molecular weight excluding hydrogens is 272 g/mol. The fraction of sp³-hybridized carbons (Fsp3) is 0.800. The van der Waals surface area contributed by atoms with Gasteiger partial charge in [-0.1, -0.05) is 0 Å². The van der Waals surface area contributed by atoms with E-state index >= 15 is 0 Å². The van der Waals surface area contributed by atoms with Gasteiger partial charge in [-0.15, -0.1) is 0 Å². The number of methoxy groups -OCH3 is 1. The number of amides is 1. The number of nitrogens with zero attached hydrogens (tertiary/aromatic N) is 2. The third-order valence-corrected chi connectivity index (χ3v) is 3.49. The first-order chi connectivity index (χ1) is 9.65. The Balaban J connectivity index is 2.86. The van der Waals surface area contributed by atoms with Crippen molar-refractivity contribution in [2.75, 3.05) is 13.7 Å². The lowest BCUT2D eigenvalue weighted by Gasteiger charge is -2.32. The van der Waals surface area contributed by atoms with Gasteiger partial charge in [0.15, 0.2) is 0 Å². The molecule has 1 aliphatic rings. The van der Waals surface area contributed by atoms with Crippen LogP contribution in [0.25, 0.3) is 0 Å². The van der Waals surface area contributed by atoms with Crippen LogP contribution in [0.4, 0.5) is 4.79 Å². The summed E-state index contributed by atoms with van der Waals surface area (Å²) < 4.78 is 10.2. The Bertz CT molecular complexity index is 444. The van der Waals surface area contributed by atoms with Gasteiger partial charge in [0.1, 0.15) is 5.60 Å². The van der Waals surface area contributed by atoms with Crippen LogP contribution in [-0.4, -0.2) is 42.3 Å². The van der Waals surface area contributed by atoms with Gasteiger partial charge in [-0.3, -0.25) is 4.79 Å². The van der Waals surface area contributed by atoms with E-state index in [1.54, 1.807) is 27.7 Å². The average Bonchev–Trinajstić information content (AvgIpc) is 3.14. The van der Waals surface area contributed by atoms with E-state index < -0.39 is 17.1 Å². The summed E-state index contributed by atoms with van der Waals surface area (Å²) >= 11 is 0. The van der Waals surface area contributed by atoms with Crippen molar-refractivity contribution in [3.8, 4) is 6.07 Å². The average molecular weight is 296 g/mol. The Kier molecular flexibility index (Phi) is 5.21. The second kappa shape index (κ2) is 6.33. The van der Waals surface area contributed by atoms with E-state index in [2.05, 4.69) is 0 Å². The molecule has 0 unspecified atom stereocenters. The molecule has 1 fully saturated rings. The minimum absolute atomic E-state index is 0.191. The lowest BCUT2D eigenvalue weighted by atomic mass is 10.1. The summed E-state index contributed by atoms with van der Waals surface area (Å²) in [5, 5.41) is 8.85. The van der Waals surface area contributed by atoms with Crippen molar-refractivity contribution < 1.29 is 19.1 Å². The SMILES string of the molecule is COC(=O)C1(CN(C(=O)OC(C)(C)C)[C@@H](C)CC#N)CC1. The minimum Gasteiger partial charge on any atom is -0.469 e. The van der Waals surface area contributed by atoms with Gasteiger partial charge in [0.2, 0.25) is 0 Å². The number of hydrogen-bond donors (Lipinski definition) is 0. The topological polar surface area (TPSA) is 79.6 Å². The van der Waals surface area contributed by atoms with Crippen LogP contribution in [0.2, 0.25) is 0 Å². The maximum absolute atomic E-state index is 12.3. The van der Waals surface area contributed by atoms with E-state index in [-0.39, 0.29) is 25.0 Å². The van der Waals surface area contributed by atoms with Crippen molar-refractivity contribution in [3.63, 3.8) is 0 Å². The van der Waals surface area contributed by atoms with Crippen LogP contribution >= 0.6 is 0 Å². The Morgan fingerprint density at radius 1 is 1.38 bits per heavy atom. The maximum atomic E-state index is 12.3. The highest BCUT2D eigenvalue weighted by atomic mass is 16.6. The molecule has 0 heterocycles. The summed E-state index contributed by atoms with van der Waals surface area (Å²) in [4.78, 5) is 25.7. The number of carbonyl (C=O) groups excluding carboxylic acids is 2. The highest BCUT2D eigenvalue weighted by Crippen LogP contribution is 2.47. The fourth-order valence-electron chi connectivity index (χ4n) is 2.08. The Labute approximate surface area is 126 Å². The lowest BCUT2D eigenvalue weighted by molar-refractivity contribution is -0.147. The van der Waals surface area contributed by atoms with Gasteiger partial charge in [-0.25, -0.2) is 4.79 Å². The molecule has 1 saturated carbocycles. The third kappa shape index (κ3) is 4.62. The van der Waals surface area contributed by atoms with E-state index in [1.165, 1.54) is 12.0 Å². The van der Waals surface area contributed by atoms with E-state index in [4.69, 9.17) is 14.7 Å². The van der Waals surface area contributed by atoms with Gasteiger partial charge in [0, 0.05) is 12.6 Å². The number of ether oxygens (including phenoxy) is 2. The molecule has 21 heavy (non-hydrogen) atoms. The molecule has 0 radical (unpaired) electrons. The first-order valence-corrected chi connectivity index (χ1v) is 7.10. The number of esters is 1. The normalized spacial score (nSPS) is 17.3. The molecule has 0 aromatic carbocycles. The van der Waals surface area contributed by atoms with Gasteiger partial charge in [0.25, 0.3) is 0 Å². The zero-order valence-electron chi connectivity index (χ0n) is 13.4. The monoisotopic (exact) mass is 296 g/mol. The summed E-state index contributed by atoms with van der Waals surface area (Å²) in [5.74, 6) is -0.305. The second-order valence-corrected chi connectivity index (χ2v) is 6.59. The highest BCUT2D eigenvalue weighted by molar-refractivity contribution is 5.81. The molecule has 118 valence electrons. The molecule has 0 bridgehead atoms. The van der Waals surface area contributed by atoms with E-state index in [0.717, 1.165) is 0 Å². The van der Waals surface area contributed by atoms with Crippen LogP contribution in [0.5, 0.6) is 0 Å². The largest absolute Gasteiger partial charge is 0.469 e. The molecule has 0 spiro atoms. The van der Waals surface area contributed by atoms with Gasteiger partial charge >= 0.3 is 12.1 Å². The fourth-order valence-corrected chi connectivity index (χ4v) is 2.08. The van der Waals surface area contributed by atoms with Gasteiger partial charge in [0.05, 0.1) is 25.0 Å². The summed E-state index contributed by atoms with van der Waals surface area (Å²) in [6.07, 6.45) is 1.08. The summed E-state index contributed by atoms with van der Waals surface area (Å²) in [6.45, 7) is 7.36. The van der Waals surface area contributed by atoms with Crippen molar-refractivity contribution in [2.24, 2.45) is 5.41 Å². The molecule has 0 saturated heterocycles. The smallest absolute Gasteiger partial charge is 0.410 e. The number of nitriles is 1. The van der Waals surface area contributed by atoms with Gasteiger partial charge in [-0.05, 0) is 40.5 Å². The number of rotatable bonds is 5.